The third kappa shape index (κ3) is 3.16. The van der Waals surface area contributed by atoms with Gasteiger partial charge in [0.2, 0.25) is 5.82 Å². The van der Waals surface area contributed by atoms with E-state index in [9.17, 15) is 18.0 Å². The van der Waals surface area contributed by atoms with E-state index >= 15 is 0 Å². The van der Waals surface area contributed by atoms with Gasteiger partial charge in [0.25, 0.3) is 0 Å². The number of rotatable bonds is 3. The number of aromatic nitrogens is 2. The summed E-state index contributed by atoms with van der Waals surface area (Å²) >= 11 is 0. The summed E-state index contributed by atoms with van der Waals surface area (Å²) < 4.78 is 44.3. The number of hydrogen-bond acceptors (Lipinski definition) is 6. The Labute approximate surface area is 129 Å². The number of carboxylic acids is 1. The Morgan fingerprint density at radius 1 is 1.22 bits per heavy atom. The van der Waals surface area contributed by atoms with Gasteiger partial charge in [-0.25, -0.2) is 14.8 Å². The molecule has 0 unspecified atom stereocenters. The van der Waals surface area contributed by atoms with Crippen LogP contribution in [0.25, 0.3) is 0 Å². The first kappa shape index (κ1) is 15.8. The summed E-state index contributed by atoms with van der Waals surface area (Å²) in [6, 6.07) is 0.568. The van der Waals surface area contributed by atoms with Crippen LogP contribution in [-0.4, -0.2) is 59.9 Å². The average molecular weight is 332 g/mol. The largest absolute Gasteiger partial charge is 0.480 e. The van der Waals surface area contributed by atoms with Crippen molar-refractivity contribution in [2.75, 3.05) is 42.6 Å². The van der Waals surface area contributed by atoms with Crippen LogP contribution in [0.3, 0.4) is 0 Å². The number of hydrogen-bond donors (Lipinski definition) is 1. The molecular formula is C13H15F3N4O3. The SMILES string of the molecule is O=C(O)[C@H]1CCN1c1cc(N2CCOCC2)nc(C(F)(F)F)n1. The second-order valence-corrected chi connectivity index (χ2v) is 5.34. The smallest absolute Gasteiger partial charge is 0.451 e. The summed E-state index contributed by atoms with van der Waals surface area (Å²) in [6.07, 6.45) is -4.31. The summed E-state index contributed by atoms with van der Waals surface area (Å²) in [5.41, 5.74) is 0. The predicted molar refractivity (Wildman–Crippen MR) is 73.5 cm³/mol. The Balaban J connectivity index is 1.96. The molecule has 126 valence electrons. The van der Waals surface area contributed by atoms with Crippen LogP contribution < -0.4 is 9.80 Å². The number of morpholine rings is 1. The molecule has 0 amide bonds. The van der Waals surface area contributed by atoms with Gasteiger partial charge in [0.15, 0.2) is 0 Å². The van der Waals surface area contributed by atoms with Crippen molar-refractivity contribution in [3.8, 4) is 0 Å². The molecule has 3 rings (SSSR count). The monoisotopic (exact) mass is 332 g/mol. The molecule has 2 fully saturated rings. The molecule has 10 heteroatoms. The van der Waals surface area contributed by atoms with Gasteiger partial charge in [0.05, 0.1) is 13.2 Å². The van der Waals surface area contributed by atoms with Crippen LogP contribution in [0.15, 0.2) is 6.07 Å². The molecule has 0 saturated carbocycles. The van der Waals surface area contributed by atoms with Crippen molar-refractivity contribution < 1.29 is 27.8 Å². The topological polar surface area (TPSA) is 78.8 Å². The number of ether oxygens (including phenoxy) is 1. The van der Waals surface area contributed by atoms with Gasteiger partial charge in [-0.05, 0) is 6.42 Å². The van der Waals surface area contributed by atoms with Crippen molar-refractivity contribution in [1.82, 2.24) is 9.97 Å². The highest BCUT2D eigenvalue weighted by Gasteiger charge is 2.40. The first-order valence-electron chi connectivity index (χ1n) is 7.14. The fourth-order valence-corrected chi connectivity index (χ4v) is 2.57. The minimum atomic E-state index is -4.69. The highest BCUT2D eigenvalue weighted by Crippen LogP contribution is 2.33. The molecular weight excluding hydrogens is 317 g/mol. The molecule has 0 aromatic carbocycles. The number of alkyl halides is 3. The molecule has 2 aliphatic rings. The zero-order valence-electron chi connectivity index (χ0n) is 12.1. The van der Waals surface area contributed by atoms with E-state index in [0.717, 1.165) is 0 Å². The molecule has 2 aliphatic heterocycles. The van der Waals surface area contributed by atoms with Gasteiger partial charge in [-0.1, -0.05) is 0 Å². The zero-order valence-corrected chi connectivity index (χ0v) is 12.1. The van der Waals surface area contributed by atoms with E-state index in [1.807, 2.05) is 0 Å². The van der Waals surface area contributed by atoms with Gasteiger partial charge in [-0.15, -0.1) is 0 Å². The highest BCUT2D eigenvalue weighted by molar-refractivity contribution is 5.80. The van der Waals surface area contributed by atoms with E-state index in [4.69, 9.17) is 9.84 Å². The lowest BCUT2D eigenvalue weighted by molar-refractivity contribution is -0.144. The summed E-state index contributed by atoms with van der Waals surface area (Å²) in [7, 11) is 0. The molecule has 0 spiro atoms. The van der Waals surface area contributed by atoms with E-state index in [2.05, 4.69) is 9.97 Å². The van der Waals surface area contributed by atoms with Crippen molar-refractivity contribution in [3.63, 3.8) is 0 Å². The van der Waals surface area contributed by atoms with Crippen LogP contribution in [0.4, 0.5) is 24.8 Å². The van der Waals surface area contributed by atoms with Crippen LogP contribution in [0, 0.1) is 0 Å². The van der Waals surface area contributed by atoms with Crippen LogP contribution >= 0.6 is 0 Å². The lowest BCUT2D eigenvalue weighted by Gasteiger charge is -2.39. The molecule has 1 atom stereocenters. The van der Waals surface area contributed by atoms with Crippen molar-refractivity contribution in [1.29, 1.82) is 0 Å². The second kappa shape index (κ2) is 5.84. The molecule has 0 bridgehead atoms. The third-order valence-corrected chi connectivity index (χ3v) is 3.89. The third-order valence-electron chi connectivity index (χ3n) is 3.89. The molecule has 2 saturated heterocycles. The molecule has 23 heavy (non-hydrogen) atoms. The van der Waals surface area contributed by atoms with Gasteiger partial charge >= 0.3 is 12.1 Å². The standard InChI is InChI=1S/C13H15F3N4O3/c14-13(15,16)12-17-9(19-3-5-23-6-4-19)7-10(18-12)20-2-1-8(20)11(21)22/h7-8H,1-6H2,(H,21,22)/t8-/m1/s1. The van der Waals surface area contributed by atoms with E-state index in [-0.39, 0.29) is 11.6 Å². The van der Waals surface area contributed by atoms with E-state index in [1.54, 1.807) is 4.90 Å². The van der Waals surface area contributed by atoms with Crippen LogP contribution in [0.5, 0.6) is 0 Å². The minimum absolute atomic E-state index is 0.00698. The minimum Gasteiger partial charge on any atom is -0.480 e. The quantitative estimate of drug-likeness (QED) is 0.884. The lowest BCUT2D eigenvalue weighted by Crippen LogP contribution is -2.53. The maximum atomic E-state index is 13.1. The number of halogens is 3. The van der Waals surface area contributed by atoms with Gasteiger partial charge in [-0.3, -0.25) is 0 Å². The Morgan fingerprint density at radius 2 is 1.87 bits per heavy atom. The maximum absolute atomic E-state index is 13.1. The van der Waals surface area contributed by atoms with Crippen molar-refractivity contribution in [2.45, 2.75) is 18.6 Å². The fraction of sp³-hybridized carbons (Fsp3) is 0.615. The van der Waals surface area contributed by atoms with Gasteiger partial charge < -0.3 is 19.6 Å². The predicted octanol–water partition coefficient (Wildman–Crippen LogP) is 0.995. The Hall–Kier alpha value is -2.10. The highest BCUT2D eigenvalue weighted by atomic mass is 19.4. The summed E-state index contributed by atoms with van der Waals surface area (Å²) in [6.45, 7) is 2.02. The van der Waals surface area contributed by atoms with E-state index < -0.39 is 24.0 Å². The number of aliphatic carboxylic acids is 1. The van der Waals surface area contributed by atoms with Crippen molar-refractivity contribution in [2.24, 2.45) is 0 Å². The normalized spacial score (nSPS) is 22.0. The van der Waals surface area contributed by atoms with Gasteiger partial charge in [0, 0.05) is 25.7 Å². The molecule has 3 heterocycles. The zero-order chi connectivity index (χ0) is 16.6. The Kier molecular flexibility index (Phi) is 4.00. The van der Waals surface area contributed by atoms with E-state index in [0.29, 0.717) is 39.3 Å². The Morgan fingerprint density at radius 3 is 2.39 bits per heavy atom. The van der Waals surface area contributed by atoms with Crippen LogP contribution in [0.1, 0.15) is 12.2 Å². The summed E-state index contributed by atoms with van der Waals surface area (Å²) in [4.78, 5) is 21.3. The number of carboxylic acid groups (broad SMARTS) is 1. The lowest BCUT2D eigenvalue weighted by atomic mass is 10.0. The molecule has 0 aliphatic carbocycles. The first-order valence-corrected chi connectivity index (χ1v) is 7.14. The number of carbonyl (C=O) groups is 1. The second-order valence-electron chi connectivity index (χ2n) is 5.34. The van der Waals surface area contributed by atoms with Crippen molar-refractivity contribution >= 4 is 17.6 Å². The van der Waals surface area contributed by atoms with Gasteiger partial charge in [-0.2, -0.15) is 13.2 Å². The molecule has 7 nitrogen and oxygen atoms in total. The van der Waals surface area contributed by atoms with Gasteiger partial charge in [0.1, 0.15) is 17.7 Å². The summed E-state index contributed by atoms with van der Waals surface area (Å²) in [5, 5.41) is 9.08. The Bertz CT molecular complexity index is 605. The summed E-state index contributed by atoms with van der Waals surface area (Å²) in [5.74, 6) is -2.20. The molecule has 0 radical (unpaired) electrons. The average Bonchev–Trinajstić information content (AvgIpc) is 2.45. The number of anilines is 2. The molecule has 1 N–H and O–H groups in total. The van der Waals surface area contributed by atoms with E-state index in [1.165, 1.54) is 11.0 Å². The van der Waals surface area contributed by atoms with Crippen molar-refractivity contribution in [3.05, 3.63) is 11.9 Å². The maximum Gasteiger partial charge on any atom is 0.451 e. The van der Waals surface area contributed by atoms with Crippen LogP contribution in [-0.2, 0) is 15.7 Å². The number of nitrogens with zero attached hydrogens (tertiary/aromatic N) is 4. The molecule has 1 aromatic heterocycles. The van der Waals surface area contributed by atoms with Crippen LogP contribution in [0.2, 0.25) is 0 Å². The first-order chi connectivity index (χ1) is 10.9. The molecule has 1 aromatic rings. The fourth-order valence-electron chi connectivity index (χ4n) is 2.57.